The number of carbonyl (C=O) groups excluding carboxylic acids is 2. The summed E-state index contributed by atoms with van der Waals surface area (Å²) in [6, 6.07) is -1.45. The normalized spacial score (nSPS) is 44.9. The molecule has 1 amide bonds. The lowest BCUT2D eigenvalue weighted by Crippen LogP contribution is -2.61. The lowest BCUT2D eigenvalue weighted by molar-refractivity contribution is -0.304. The maximum atomic E-state index is 13.8. The van der Waals surface area contributed by atoms with Crippen LogP contribution in [0.15, 0.2) is 85.1 Å². The smallest absolute Gasteiger partial charge is 0.308 e. The van der Waals surface area contributed by atoms with Gasteiger partial charge in [-0.25, -0.2) is 0 Å². The third kappa shape index (κ3) is 19.4. The Morgan fingerprint density at radius 2 is 1.28 bits per heavy atom. The summed E-state index contributed by atoms with van der Waals surface area (Å²) in [6.45, 7) is 3.22. The number of rotatable bonds is 4. The molecule has 1 aliphatic carbocycles. The summed E-state index contributed by atoms with van der Waals surface area (Å²) in [6.07, 6.45) is 7.04. The van der Waals surface area contributed by atoms with Gasteiger partial charge in [-0.15, -0.1) is 0 Å². The predicted molar refractivity (Wildman–Crippen MR) is 249 cm³/mol. The minimum absolute atomic E-state index is 0.0895. The van der Waals surface area contributed by atoms with Crippen LogP contribution in [-0.4, -0.2) is 173 Å². The van der Waals surface area contributed by atoms with Gasteiger partial charge in [0.2, 0.25) is 5.91 Å². The summed E-state index contributed by atoms with van der Waals surface area (Å²) in [5.41, 5.74) is 12.0. The summed E-state index contributed by atoms with van der Waals surface area (Å²) >= 11 is 0. The highest BCUT2D eigenvalue weighted by molar-refractivity contribution is 5.80. The molecule has 19 nitrogen and oxygen atoms in total. The Bertz CT molecular complexity index is 1750. The molecule has 17 atom stereocenters. The molecule has 4 rings (SSSR count). The van der Waals surface area contributed by atoms with E-state index in [0.717, 1.165) is 0 Å². The minimum atomic E-state index is -2.26. The monoisotopic (exact) mass is 964 g/mol. The molecule has 3 aliphatic heterocycles. The Balaban J connectivity index is 1.56. The number of amides is 1. The van der Waals surface area contributed by atoms with Gasteiger partial charge in [0.1, 0.15) is 12.2 Å². The second kappa shape index (κ2) is 28.4. The van der Waals surface area contributed by atoms with E-state index in [2.05, 4.69) is 5.32 Å². The van der Waals surface area contributed by atoms with E-state index < -0.39 is 135 Å². The fourth-order valence-corrected chi connectivity index (χ4v) is 8.59. The fourth-order valence-electron chi connectivity index (χ4n) is 8.59. The molecule has 384 valence electrons. The number of hydrogen-bond acceptors (Lipinski definition) is 18. The fraction of sp³-hybridized carbons (Fsp3) is 0.673. The number of aliphatic hydroxyl groups is 10. The Kier molecular flexibility index (Phi) is 23.8. The number of fused-ring (bicyclic) bond motifs is 2. The lowest BCUT2D eigenvalue weighted by Gasteiger charge is -2.46. The first kappa shape index (κ1) is 57.1. The molecular weight excluding hydrogens is 887 g/mol. The van der Waals surface area contributed by atoms with Gasteiger partial charge in [0, 0.05) is 50.1 Å². The highest BCUT2D eigenvalue weighted by Gasteiger charge is 2.51. The van der Waals surface area contributed by atoms with Crippen molar-refractivity contribution in [3.8, 4) is 0 Å². The van der Waals surface area contributed by atoms with E-state index in [0.29, 0.717) is 12.8 Å². The standard InChI is InChI=1S/C49H77N3O16/c1-29-15-13-11-9-7-5-3-4-6-8-10-12-14-16-36(67-48-46(62)45(51)41(60)28-65-48)25-42-44(47(63)52-32-20-31(50)21-32)40(59)27-49(64,68-42)26-35(55)23-39(58)37(56)18-17-33(53)22-34(54)24-43(61)66-30(2)19-38(29)57/h3-16,29-42,44-46,48,53-60,62,64H,17-28,50-51H2,1-2H3,(H,52,63)/b4-3+,7-5+,8-6+,11-9+,12-10+,15-13+,16-14+/t29-,30-,31?,32?,33?,34?,35?,36?,37?,38?,39?,40-,41?,42-,44?,45-,46-,48-,49?/m0/s1. The Hall–Kier alpha value is -3.48. The van der Waals surface area contributed by atoms with Gasteiger partial charge in [-0.3, -0.25) is 9.59 Å². The third-order valence-corrected chi connectivity index (χ3v) is 12.6. The van der Waals surface area contributed by atoms with Crippen LogP contribution >= 0.6 is 0 Å². The molecule has 2 bridgehead atoms. The molecule has 0 spiro atoms. The molecule has 0 radical (unpaired) electrons. The molecule has 10 unspecified atom stereocenters. The highest BCUT2D eigenvalue weighted by Crippen LogP contribution is 2.38. The molecular formula is C49H77N3O16. The van der Waals surface area contributed by atoms with E-state index in [-0.39, 0.29) is 56.7 Å². The summed E-state index contributed by atoms with van der Waals surface area (Å²) in [5.74, 6) is -5.06. The highest BCUT2D eigenvalue weighted by atomic mass is 16.7. The van der Waals surface area contributed by atoms with Crippen molar-refractivity contribution in [2.24, 2.45) is 23.3 Å². The zero-order valence-corrected chi connectivity index (χ0v) is 39.0. The van der Waals surface area contributed by atoms with Gasteiger partial charge in [0.25, 0.3) is 0 Å². The number of allylic oxidation sites excluding steroid dienone is 12. The third-order valence-electron chi connectivity index (χ3n) is 12.6. The summed E-state index contributed by atoms with van der Waals surface area (Å²) in [5, 5.41) is 112. The van der Waals surface area contributed by atoms with Gasteiger partial charge in [0.15, 0.2) is 12.1 Å². The molecule has 1 saturated carbocycles. The maximum Gasteiger partial charge on any atom is 0.308 e. The van der Waals surface area contributed by atoms with Crippen molar-refractivity contribution in [2.75, 3.05) is 6.61 Å². The van der Waals surface area contributed by atoms with E-state index in [1.54, 1.807) is 61.6 Å². The van der Waals surface area contributed by atoms with Gasteiger partial charge < -0.3 is 86.8 Å². The van der Waals surface area contributed by atoms with E-state index in [1.165, 1.54) is 0 Å². The van der Waals surface area contributed by atoms with Crippen LogP contribution in [0, 0.1) is 11.8 Å². The average Bonchev–Trinajstić information content (AvgIpc) is 3.23. The molecule has 4 aliphatic rings. The van der Waals surface area contributed by atoms with Crippen LogP contribution in [0.2, 0.25) is 0 Å². The number of nitrogens with one attached hydrogen (secondary N) is 1. The largest absolute Gasteiger partial charge is 0.462 e. The summed E-state index contributed by atoms with van der Waals surface area (Å²) < 4.78 is 23.3. The van der Waals surface area contributed by atoms with Crippen molar-refractivity contribution in [1.82, 2.24) is 5.32 Å². The van der Waals surface area contributed by atoms with Crippen LogP contribution in [0.5, 0.6) is 0 Å². The number of cyclic esters (lactones) is 1. The molecule has 2 saturated heterocycles. The van der Waals surface area contributed by atoms with Crippen LogP contribution in [0.3, 0.4) is 0 Å². The van der Waals surface area contributed by atoms with Gasteiger partial charge in [-0.05, 0) is 39.0 Å². The molecule has 19 heteroatoms. The average molecular weight is 964 g/mol. The van der Waals surface area contributed by atoms with Crippen LogP contribution < -0.4 is 16.8 Å². The van der Waals surface area contributed by atoms with Crippen molar-refractivity contribution < 1.29 is 79.6 Å². The van der Waals surface area contributed by atoms with Crippen molar-refractivity contribution in [3.63, 3.8) is 0 Å². The molecule has 0 aromatic rings. The van der Waals surface area contributed by atoms with Crippen molar-refractivity contribution in [1.29, 1.82) is 0 Å². The molecule has 3 fully saturated rings. The van der Waals surface area contributed by atoms with Gasteiger partial charge in [-0.2, -0.15) is 0 Å². The lowest BCUT2D eigenvalue weighted by atomic mass is 9.81. The second-order valence-electron chi connectivity index (χ2n) is 18.8. The summed E-state index contributed by atoms with van der Waals surface area (Å²) in [7, 11) is 0. The first-order valence-corrected chi connectivity index (χ1v) is 23.7. The maximum absolute atomic E-state index is 13.8. The van der Waals surface area contributed by atoms with Crippen LogP contribution in [0.4, 0.5) is 0 Å². The zero-order chi connectivity index (χ0) is 50.0. The zero-order valence-electron chi connectivity index (χ0n) is 39.0. The minimum Gasteiger partial charge on any atom is -0.462 e. The van der Waals surface area contributed by atoms with Gasteiger partial charge in [-0.1, -0.05) is 92.0 Å². The van der Waals surface area contributed by atoms with Crippen molar-refractivity contribution >= 4 is 11.9 Å². The van der Waals surface area contributed by atoms with E-state index >= 15 is 0 Å². The van der Waals surface area contributed by atoms with Crippen LogP contribution in [0.1, 0.15) is 84.5 Å². The number of carbonyl (C=O) groups is 2. The van der Waals surface area contributed by atoms with Crippen LogP contribution in [-0.2, 0) is 28.5 Å². The van der Waals surface area contributed by atoms with Crippen molar-refractivity contribution in [2.45, 2.75) is 188 Å². The number of aliphatic hydroxyl groups excluding tert-OH is 9. The quantitative estimate of drug-likeness (QED) is 0.159. The molecule has 68 heavy (non-hydrogen) atoms. The van der Waals surface area contributed by atoms with E-state index in [1.807, 2.05) is 37.3 Å². The Morgan fingerprint density at radius 3 is 1.90 bits per heavy atom. The van der Waals surface area contributed by atoms with Crippen molar-refractivity contribution in [3.05, 3.63) is 85.1 Å². The Labute approximate surface area is 398 Å². The van der Waals surface area contributed by atoms with Gasteiger partial charge in [0.05, 0.1) is 86.0 Å². The molecule has 15 N–H and O–H groups in total. The van der Waals surface area contributed by atoms with Gasteiger partial charge >= 0.3 is 5.97 Å². The predicted octanol–water partition coefficient (Wildman–Crippen LogP) is -0.401. The molecule has 0 aromatic carbocycles. The number of esters is 1. The first-order valence-electron chi connectivity index (χ1n) is 23.7. The van der Waals surface area contributed by atoms with E-state index in [4.69, 9.17) is 30.4 Å². The summed E-state index contributed by atoms with van der Waals surface area (Å²) in [4.78, 5) is 26.3. The second-order valence-corrected chi connectivity index (χ2v) is 18.8. The van der Waals surface area contributed by atoms with Crippen LogP contribution in [0.25, 0.3) is 0 Å². The Morgan fingerprint density at radius 1 is 0.676 bits per heavy atom. The van der Waals surface area contributed by atoms with E-state index in [9.17, 15) is 60.7 Å². The number of hydrogen-bond donors (Lipinski definition) is 13. The SMILES string of the molecule is C[C@H]1CC(O)[C@@H](C)/C=C/C=C/C=C/C=C/C=C/C=C/C=C/C(O[C@@H]2OCC(O)[C@H](N)[C@@H]2O)C[C@@H]2OC(O)(CC(O)CC(O)C(O)CCC(O)CC(O)CC(=O)O1)C[C@H](O)C2C(=O)NC1CC(N)C1. The number of ether oxygens (including phenoxy) is 4. The number of nitrogens with two attached hydrogens (primary N) is 2. The first-order chi connectivity index (χ1) is 32.2. The topological polar surface area (TPSA) is 337 Å². The molecule has 3 heterocycles. The molecule has 0 aromatic heterocycles.